The number of aromatic nitrogens is 3. The van der Waals surface area contributed by atoms with Crippen molar-refractivity contribution >= 4 is 0 Å². The van der Waals surface area contributed by atoms with Crippen molar-refractivity contribution in [1.29, 1.82) is 0 Å². The van der Waals surface area contributed by atoms with E-state index in [-0.39, 0.29) is 0 Å². The van der Waals surface area contributed by atoms with Crippen molar-refractivity contribution in [2.75, 3.05) is 6.54 Å². The summed E-state index contributed by atoms with van der Waals surface area (Å²) in [5.41, 5.74) is 5.97. The summed E-state index contributed by atoms with van der Waals surface area (Å²) in [4.78, 5) is 16.1. The highest BCUT2D eigenvalue weighted by molar-refractivity contribution is 5.54. The van der Waals surface area contributed by atoms with Crippen LogP contribution in [0.3, 0.4) is 0 Å². The molecule has 0 aliphatic carbocycles. The van der Waals surface area contributed by atoms with Gasteiger partial charge < -0.3 is 0 Å². The topological polar surface area (TPSA) is 41.9 Å². The van der Waals surface area contributed by atoms with Crippen LogP contribution in [0, 0.1) is 6.92 Å². The summed E-state index contributed by atoms with van der Waals surface area (Å²) in [6, 6.07) is 12.4. The first-order valence-electron chi connectivity index (χ1n) is 8.31. The van der Waals surface area contributed by atoms with Gasteiger partial charge in [0.1, 0.15) is 0 Å². The molecule has 0 saturated carbocycles. The molecule has 4 heteroatoms. The van der Waals surface area contributed by atoms with Crippen LogP contribution >= 0.6 is 0 Å². The van der Waals surface area contributed by atoms with E-state index in [1.807, 2.05) is 36.8 Å². The van der Waals surface area contributed by atoms with Crippen LogP contribution in [0.1, 0.15) is 22.4 Å². The minimum Gasteiger partial charge on any atom is -0.294 e. The number of nitrogens with zero attached hydrogens (tertiary/aromatic N) is 4. The quantitative estimate of drug-likeness (QED) is 0.742. The minimum atomic E-state index is 0.825. The van der Waals surface area contributed by atoms with Gasteiger partial charge in [0.05, 0.1) is 5.69 Å². The fraction of sp³-hybridized carbons (Fsp3) is 0.250. The first-order chi connectivity index (χ1) is 11.8. The molecule has 0 fully saturated rings. The molecule has 0 N–H and O–H groups in total. The molecule has 120 valence electrons. The van der Waals surface area contributed by atoms with Crippen molar-refractivity contribution in [2.45, 2.75) is 26.4 Å². The molecule has 4 nitrogen and oxygen atoms in total. The number of rotatable bonds is 3. The van der Waals surface area contributed by atoms with Gasteiger partial charge in [0, 0.05) is 55.8 Å². The normalized spacial score (nSPS) is 14.4. The van der Waals surface area contributed by atoms with Gasteiger partial charge in [-0.25, -0.2) is 9.97 Å². The number of hydrogen-bond acceptors (Lipinski definition) is 4. The molecule has 1 aliphatic rings. The van der Waals surface area contributed by atoms with Crippen LogP contribution in [-0.4, -0.2) is 26.4 Å². The van der Waals surface area contributed by atoms with Gasteiger partial charge >= 0.3 is 0 Å². The van der Waals surface area contributed by atoms with Gasteiger partial charge in [0.2, 0.25) is 0 Å². The molecule has 2 aromatic heterocycles. The molecule has 0 atom stereocenters. The maximum atomic E-state index is 4.79. The smallest absolute Gasteiger partial charge is 0.159 e. The molecule has 1 aliphatic heterocycles. The van der Waals surface area contributed by atoms with Crippen molar-refractivity contribution in [3.05, 3.63) is 77.4 Å². The molecular formula is C20H20N4. The minimum absolute atomic E-state index is 0.825. The molecule has 0 bridgehead atoms. The first-order valence-corrected chi connectivity index (χ1v) is 8.31. The number of benzene rings is 1. The maximum absolute atomic E-state index is 4.79. The van der Waals surface area contributed by atoms with E-state index in [1.54, 1.807) is 0 Å². The maximum Gasteiger partial charge on any atom is 0.159 e. The summed E-state index contributed by atoms with van der Waals surface area (Å²) in [7, 11) is 0. The van der Waals surface area contributed by atoms with Gasteiger partial charge in [0.25, 0.3) is 0 Å². The van der Waals surface area contributed by atoms with Crippen molar-refractivity contribution in [1.82, 2.24) is 19.9 Å². The molecule has 4 rings (SSSR count). The monoisotopic (exact) mass is 316 g/mol. The molecule has 0 amide bonds. The Morgan fingerprint density at radius 2 is 1.96 bits per heavy atom. The zero-order chi connectivity index (χ0) is 16.4. The second-order valence-corrected chi connectivity index (χ2v) is 6.36. The fourth-order valence-corrected chi connectivity index (χ4v) is 3.20. The van der Waals surface area contributed by atoms with Crippen LogP contribution in [0.15, 0.2) is 55.0 Å². The van der Waals surface area contributed by atoms with Crippen molar-refractivity contribution in [3.63, 3.8) is 0 Å². The van der Waals surface area contributed by atoms with Gasteiger partial charge in [-0.05, 0) is 18.1 Å². The summed E-state index contributed by atoms with van der Waals surface area (Å²) in [5, 5.41) is 0. The first kappa shape index (κ1) is 15.0. The summed E-state index contributed by atoms with van der Waals surface area (Å²) in [6.45, 7) is 4.93. The van der Waals surface area contributed by atoms with Gasteiger partial charge in [-0.3, -0.25) is 9.88 Å². The average molecular weight is 316 g/mol. The van der Waals surface area contributed by atoms with E-state index >= 15 is 0 Å². The highest BCUT2D eigenvalue weighted by atomic mass is 15.1. The van der Waals surface area contributed by atoms with Crippen LogP contribution in [-0.2, 0) is 19.5 Å². The molecule has 3 aromatic rings. The summed E-state index contributed by atoms with van der Waals surface area (Å²) >= 11 is 0. The zero-order valence-corrected chi connectivity index (χ0v) is 13.8. The Hall–Kier alpha value is -2.59. The Bertz CT molecular complexity index is 845. The molecule has 24 heavy (non-hydrogen) atoms. The number of pyridine rings is 1. The van der Waals surface area contributed by atoms with E-state index < -0.39 is 0 Å². The van der Waals surface area contributed by atoms with Gasteiger partial charge in [-0.1, -0.05) is 36.4 Å². The van der Waals surface area contributed by atoms with E-state index in [0.29, 0.717) is 0 Å². The van der Waals surface area contributed by atoms with Crippen molar-refractivity contribution < 1.29 is 0 Å². The lowest BCUT2D eigenvalue weighted by Crippen LogP contribution is -2.31. The predicted octanol–water partition coefficient (Wildman–Crippen LogP) is 3.41. The van der Waals surface area contributed by atoms with Crippen LogP contribution in [0.2, 0.25) is 0 Å². The zero-order valence-electron chi connectivity index (χ0n) is 13.8. The van der Waals surface area contributed by atoms with Crippen molar-refractivity contribution in [2.24, 2.45) is 0 Å². The van der Waals surface area contributed by atoms with Gasteiger partial charge in [-0.15, -0.1) is 0 Å². The van der Waals surface area contributed by atoms with E-state index in [4.69, 9.17) is 4.98 Å². The Labute approximate surface area is 142 Å². The number of fused-ring (bicyclic) bond motifs is 1. The summed E-state index contributed by atoms with van der Waals surface area (Å²) < 4.78 is 0. The number of aryl methyl sites for hydroxylation is 1. The largest absolute Gasteiger partial charge is 0.294 e. The molecule has 3 heterocycles. The second-order valence-electron chi connectivity index (χ2n) is 6.36. The third-order valence-electron chi connectivity index (χ3n) is 4.38. The third kappa shape index (κ3) is 3.19. The van der Waals surface area contributed by atoms with Crippen LogP contribution < -0.4 is 0 Å². The predicted molar refractivity (Wildman–Crippen MR) is 94.3 cm³/mol. The molecular weight excluding hydrogens is 296 g/mol. The SMILES string of the molecule is Cc1cncc(CN2CCc3nc(-c4ccccc4)ncc3C2)c1. The van der Waals surface area contributed by atoms with Gasteiger partial charge in [0.15, 0.2) is 5.82 Å². The summed E-state index contributed by atoms with van der Waals surface area (Å²) in [6.07, 6.45) is 6.81. The third-order valence-corrected chi connectivity index (χ3v) is 4.38. The van der Waals surface area contributed by atoms with E-state index in [1.165, 1.54) is 22.4 Å². The van der Waals surface area contributed by atoms with Crippen LogP contribution in [0.5, 0.6) is 0 Å². The molecule has 0 saturated heterocycles. The Balaban J connectivity index is 1.52. The molecule has 0 spiro atoms. The lowest BCUT2D eigenvalue weighted by Gasteiger charge is -2.28. The summed E-state index contributed by atoms with van der Waals surface area (Å²) in [5.74, 6) is 0.825. The standard InChI is InChI=1S/C20H20N4/c1-15-9-16(11-21-10-15)13-24-8-7-19-18(14-24)12-22-20(23-19)17-5-3-2-4-6-17/h2-6,9-12H,7-8,13-14H2,1H3. The highest BCUT2D eigenvalue weighted by Gasteiger charge is 2.19. The lowest BCUT2D eigenvalue weighted by molar-refractivity contribution is 0.242. The Morgan fingerprint density at radius 3 is 2.79 bits per heavy atom. The van der Waals surface area contributed by atoms with Crippen molar-refractivity contribution in [3.8, 4) is 11.4 Å². The second kappa shape index (κ2) is 6.49. The fourth-order valence-electron chi connectivity index (χ4n) is 3.20. The lowest BCUT2D eigenvalue weighted by atomic mass is 10.1. The Kier molecular flexibility index (Phi) is 4.05. The van der Waals surface area contributed by atoms with Crippen LogP contribution in [0.4, 0.5) is 0 Å². The highest BCUT2D eigenvalue weighted by Crippen LogP contribution is 2.22. The van der Waals surface area contributed by atoms with Crippen LogP contribution in [0.25, 0.3) is 11.4 Å². The van der Waals surface area contributed by atoms with E-state index in [2.05, 4.69) is 40.0 Å². The average Bonchev–Trinajstić information content (AvgIpc) is 2.62. The van der Waals surface area contributed by atoms with E-state index in [9.17, 15) is 0 Å². The molecule has 0 radical (unpaired) electrons. The Morgan fingerprint density at radius 1 is 1.08 bits per heavy atom. The molecule has 0 unspecified atom stereocenters. The molecule has 1 aromatic carbocycles. The van der Waals surface area contributed by atoms with E-state index in [0.717, 1.165) is 37.4 Å². The number of hydrogen-bond donors (Lipinski definition) is 0. The van der Waals surface area contributed by atoms with Gasteiger partial charge in [-0.2, -0.15) is 0 Å².